The minimum Gasteiger partial charge on any atom is -0.394 e. The molecule has 0 aromatic carbocycles. The van der Waals surface area contributed by atoms with E-state index in [1.165, 1.54) is 25.7 Å². The zero-order chi connectivity index (χ0) is 14.1. The number of aryl methyl sites for hydroxylation is 2. The molecule has 5 heteroatoms. The predicted octanol–water partition coefficient (Wildman–Crippen LogP) is 1.63. The smallest absolute Gasteiger partial charge is 0.150 e. The number of nitrogen functional groups attached to an aromatic ring is 1. The molecule has 1 saturated heterocycles. The molecule has 1 aliphatic carbocycles. The van der Waals surface area contributed by atoms with E-state index in [2.05, 4.69) is 21.8 Å². The van der Waals surface area contributed by atoms with Crippen molar-refractivity contribution in [3.63, 3.8) is 0 Å². The van der Waals surface area contributed by atoms with E-state index in [1.54, 1.807) is 0 Å². The van der Waals surface area contributed by atoms with Gasteiger partial charge in [-0.3, -0.25) is 9.58 Å². The minimum absolute atomic E-state index is 0.840. The highest BCUT2D eigenvalue weighted by Gasteiger charge is 2.28. The Hall–Kier alpha value is -1.23. The van der Waals surface area contributed by atoms with E-state index in [-0.39, 0.29) is 0 Å². The van der Waals surface area contributed by atoms with Crippen LogP contribution in [-0.4, -0.2) is 46.9 Å². The fraction of sp³-hybridized carbons (Fsp3) is 0.800. The molecule has 0 atom stereocenters. The van der Waals surface area contributed by atoms with Crippen molar-refractivity contribution >= 4 is 11.5 Å². The second-order valence-corrected chi connectivity index (χ2v) is 6.12. The molecular formula is C15H27N5. The lowest BCUT2D eigenvalue weighted by Crippen LogP contribution is -2.50. The van der Waals surface area contributed by atoms with Gasteiger partial charge in [-0.1, -0.05) is 19.8 Å². The maximum Gasteiger partial charge on any atom is 0.150 e. The molecule has 0 unspecified atom stereocenters. The van der Waals surface area contributed by atoms with Gasteiger partial charge in [0.2, 0.25) is 0 Å². The van der Waals surface area contributed by atoms with Gasteiger partial charge in [0.1, 0.15) is 5.82 Å². The number of hydrogen-bond donors (Lipinski definition) is 1. The van der Waals surface area contributed by atoms with Crippen molar-refractivity contribution in [2.75, 3.05) is 36.8 Å². The zero-order valence-corrected chi connectivity index (χ0v) is 12.8. The Labute approximate surface area is 121 Å². The zero-order valence-electron chi connectivity index (χ0n) is 12.8. The summed E-state index contributed by atoms with van der Waals surface area (Å²) in [5, 5.41) is 4.54. The molecule has 1 saturated carbocycles. The average molecular weight is 277 g/mol. The molecule has 2 fully saturated rings. The van der Waals surface area contributed by atoms with Crippen LogP contribution in [0.5, 0.6) is 0 Å². The first-order chi connectivity index (χ1) is 9.70. The highest BCUT2D eigenvalue weighted by Crippen LogP contribution is 2.29. The van der Waals surface area contributed by atoms with E-state index in [4.69, 9.17) is 5.73 Å². The monoisotopic (exact) mass is 277 g/mol. The van der Waals surface area contributed by atoms with Gasteiger partial charge in [0.25, 0.3) is 0 Å². The van der Waals surface area contributed by atoms with Crippen LogP contribution in [-0.2, 0) is 13.5 Å². The van der Waals surface area contributed by atoms with Crippen LogP contribution in [0.1, 0.15) is 38.3 Å². The van der Waals surface area contributed by atoms with Crippen LogP contribution in [0.25, 0.3) is 0 Å². The van der Waals surface area contributed by atoms with Crippen molar-refractivity contribution in [3.05, 3.63) is 5.69 Å². The summed E-state index contributed by atoms with van der Waals surface area (Å²) in [6, 6.07) is 0.840. The number of nitrogens with two attached hydrogens (primary N) is 1. The largest absolute Gasteiger partial charge is 0.394 e. The van der Waals surface area contributed by atoms with Gasteiger partial charge in [0, 0.05) is 39.3 Å². The molecule has 0 bridgehead atoms. The molecule has 0 amide bonds. The summed E-state index contributed by atoms with van der Waals surface area (Å²) < 4.78 is 1.96. The minimum atomic E-state index is 0.840. The molecule has 1 aromatic heterocycles. The van der Waals surface area contributed by atoms with E-state index in [9.17, 15) is 0 Å². The predicted molar refractivity (Wildman–Crippen MR) is 83.0 cm³/mol. The average Bonchev–Trinajstić information content (AvgIpc) is 3.08. The fourth-order valence-corrected chi connectivity index (χ4v) is 3.79. The number of hydrogen-bond acceptors (Lipinski definition) is 4. The number of piperazine rings is 1. The van der Waals surface area contributed by atoms with Crippen LogP contribution in [0.4, 0.5) is 11.5 Å². The van der Waals surface area contributed by atoms with Gasteiger partial charge in [-0.2, -0.15) is 5.10 Å². The first-order valence-electron chi connectivity index (χ1n) is 8.01. The topological polar surface area (TPSA) is 50.3 Å². The maximum atomic E-state index is 6.26. The van der Waals surface area contributed by atoms with Gasteiger partial charge < -0.3 is 10.6 Å². The number of nitrogens with zero attached hydrogens (tertiary/aromatic N) is 4. The molecule has 20 heavy (non-hydrogen) atoms. The Balaban J connectivity index is 1.67. The normalized spacial score (nSPS) is 21.8. The second-order valence-electron chi connectivity index (χ2n) is 6.12. The van der Waals surface area contributed by atoms with Crippen molar-refractivity contribution in [1.82, 2.24) is 14.7 Å². The van der Waals surface area contributed by atoms with Crippen molar-refractivity contribution in [2.24, 2.45) is 7.05 Å². The fourth-order valence-electron chi connectivity index (χ4n) is 3.79. The highest BCUT2D eigenvalue weighted by atomic mass is 15.4. The first kappa shape index (κ1) is 13.7. The molecular weight excluding hydrogens is 250 g/mol. The van der Waals surface area contributed by atoms with E-state index < -0.39 is 0 Å². The lowest BCUT2D eigenvalue weighted by atomic mass is 10.1. The van der Waals surface area contributed by atoms with E-state index >= 15 is 0 Å². The SMILES string of the molecule is CCc1nn(C)c(N2CCN(C3CCCC3)CC2)c1N. The van der Waals surface area contributed by atoms with Gasteiger partial charge in [-0.25, -0.2) is 0 Å². The lowest BCUT2D eigenvalue weighted by molar-refractivity contribution is 0.187. The van der Waals surface area contributed by atoms with Crippen molar-refractivity contribution in [2.45, 2.75) is 45.1 Å². The van der Waals surface area contributed by atoms with Crippen LogP contribution < -0.4 is 10.6 Å². The standard InChI is InChI=1S/C15H27N5/c1-3-13-14(16)15(18(2)17-13)20-10-8-19(9-11-20)12-6-4-5-7-12/h12H,3-11,16H2,1-2H3. The molecule has 2 aliphatic rings. The molecule has 1 aliphatic heterocycles. The second kappa shape index (κ2) is 5.64. The van der Waals surface area contributed by atoms with Crippen LogP contribution >= 0.6 is 0 Å². The third-order valence-corrected chi connectivity index (χ3v) is 4.92. The van der Waals surface area contributed by atoms with E-state index in [0.717, 1.165) is 55.8 Å². The van der Waals surface area contributed by atoms with Crippen molar-refractivity contribution in [1.29, 1.82) is 0 Å². The van der Waals surface area contributed by atoms with Gasteiger partial charge in [0.15, 0.2) is 0 Å². The van der Waals surface area contributed by atoms with Crippen LogP contribution in [0.3, 0.4) is 0 Å². The van der Waals surface area contributed by atoms with Gasteiger partial charge in [-0.15, -0.1) is 0 Å². The van der Waals surface area contributed by atoms with E-state index in [1.807, 2.05) is 11.7 Å². The van der Waals surface area contributed by atoms with E-state index in [0.29, 0.717) is 0 Å². The van der Waals surface area contributed by atoms with Gasteiger partial charge >= 0.3 is 0 Å². The summed E-state index contributed by atoms with van der Waals surface area (Å²) >= 11 is 0. The number of rotatable bonds is 3. The molecule has 5 nitrogen and oxygen atoms in total. The maximum absolute atomic E-state index is 6.26. The quantitative estimate of drug-likeness (QED) is 0.912. The Morgan fingerprint density at radius 1 is 1.15 bits per heavy atom. The summed E-state index contributed by atoms with van der Waals surface area (Å²) in [5.74, 6) is 1.12. The summed E-state index contributed by atoms with van der Waals surface area (Å²) in [4.78, 5) is 5.09. The summed E-state index contributed by atoms with van der Waals surface area (Å²) in [5.41, 5.74) is 8.17. The van der Waals surface area contributed by atoms with Crippen LogP contribution in [0.15, 0.2) is 0 Å². The van der Waals surface area contributed by atoms with Crippen LogP contribution in [0, 0.1) is 0 Å². The molecule has 0 spiro atoms. The Bertz CT molecular complexity index is 453. The lowest BCUT2D eigenvalue weighted by Gasteiger charge is -2.39. The highest BCUT2D eigenvalue weighted by molar-refractivity contribution is 5.66. The first-order valence-corrected chi connectivity index (χ1v) is 8.01. The van der Waals surface area contributed by atoms with Crippen molar-refractivity contribution in [3.8, 4) is 0 Å². The molecule has 0 radical (unpaired) electrons. The third kappa shape index (κ3) is 2.39. The van der Waals surface area contributed by atoms with Crippen LogP contribution in [0.2, 0.25) is 0 Å². The molecule has 2 N–H and O–H groups in total. The Morgan fingerprint density at radius 3 is 2.35 bits per heavy atom. The Kier molecular flexibility index (Phi) is 3.87. The van der Waals surface area contributed by atoms with Crippen molar-refractivity contribution < 1.29 is 0 Å². The van der Waals surface area contributed by atoms with Gasteiger partial charge in [0.05, 0.1) is 11.4 Å². The molecule has 3 rings (SSSR count). The molecule has 1 aromatic rings. The summed E-state index contributed by atoms with van der Waals surface area (Å²) in [7, 11) is 2.01. The summed E-state index contributed by atoms with van der Waals surface area (Å²) in [6.45, 7) is 6.58. The molecule has 2 heterocycles. The molecule has 112 valence electrons. The Morgan fingerprint density at radius 2 is 1.80 bits per heavy atom. The van der Waals surface area contributed by atoms with Gasteiger partial charge in [-0.05, 0) is 19.3 Å². The number of anilines is 2. The number of aromatic nitrogens is 2. The summed E-state index contributed by atoms with van der Waals surface area (Å²) in [6.07, 6.45) is 6.53. The third-order valence-electron chi connectivity index (χ3n) is 4.92.